The van der Waals surface area contributed by atoms with E-state index in [1.54, 1.807) is 0 Å². The Labute approximate surface area is 44.8 Å². The molecule has 0 saturated carbocycles. The molecule has 1 heterocycles. The molecule has 0 amide bonds. The van der Waals surface area contributed by atoms with Crippen LogP contribution in [0, 0.1) is 0 Å². The first-order chi connectivity index (χ1) is 2.50. The van der Waals surface area contributed by atoms with Crippen molar-refractivity contribution in [2.75, 3.05) is 0 Å². The molecule has 0 aliphatic rings. The smallest absolute Gasteiger partial charge is 0.135 e. The fourth-order valence-corrected chi connectivity index (χ4v) is 0.129. The van der Waals surface area contributed by atoms with Crippen molar-refractivity contribution in [1.82, 2.24) is 20.6 Å². The van der Waals surface area contributed by atoms with Gasteiger partial charge in [-0.05, 0) is 10.4 Å². The van der Waals surface area contributed by atoms with Crippen LogP contribution < -0.4 is 0 Å². The Bertz CT molecular complexity index is 64.0. The van der Waals surface area contributed by atoms with Crippen LogP contribution in [0.5, 0.6) is 0 Å². The molecule has 0 aliphatic heterocycles. The summed E-state index contributed by atoms with van der Waals surface area (Å²) in [6.45, 7) is 0. The molecule has 1 aromatic rings. The number of hydrogen-bond donors (Lipinski definition) is 1. The van der Waals surface area contributed by atoms with Gasteiger partial charge in [0.25, 0.3) is 0 Å². The molecule has 1 N–H and O–H groups in total. The normalized spacial score (nSPS) is 6.67. The average Bonchev–Trinajstić information content (AvgIpc) is 1.76. The second-order valence-electron chi connectivity index (χ2n) is 0.563. The third kappa shape index (κ3) is 1.14. The van der Waals surface area contributed by atoms with E-state index in [0.717, 1.165) is 0 Å². The topological polar surface area (TPSA) is 54.5 Å². The SMILES string of the molecule is [Fe].c1nnn[nH]1. The van der Waals surface area contributed by atoms with E-state index in [0.29, 0.717) is 0 Å². The van der Waals surface area contributed by atoms with Gasteiger partial charge in [0, 0.05) is 17.1 Å². The van der Waals surface area contributed by atoms with Gasteiger partial charge >= 0.3 is 0 Å². The van der Waals surface area contributed by atoms with Crippen molar-refractivity contribution >= 4 is 0 Å². The van der Waals surface area contributed by atoms with E-state index in [1.165, 1.54) is 6.33 Å². The zero-order chi connectivity index (χ0) is 3.54. The molecule has 0 aromatic carbocycles. The molecule has 4 nitrogen and oxygen atoms in total. The van der Waals surface area contributed by atoms with Crippen molar-refractivity contribution in [1.29, 1.82) is 0 Å². The predicted molar refractivity (Wildman–Crippen MR) is 14.2 cm³/mol. The number of hydrogen-bond acceptors (Lipinski definition) is 3. The number of nitrogens with one attached hydrogen (secondary N) is 1. The maximum atomic E-state index is 3.31. The van der Waals surface area contributed by atoms with Crippen LogP contribution in [0.1, 0.15) is 0 Å². The van der Waals surface area contributed by atoms with Crippen LogP contribution in [0.2, 0.25) is 0 Å². The maximum absolute atomic E-state index is 3.31. The van der Waals surface area contributed by atoms with Crippen LogP contribution in [0.3, 0.4) is 0 Å². The van der Waals surface area contributed by atoms with Gasteiger partial charge in [0.2, 0.25) is 0 Å². The molecular formula is CH2FeN4. The van der Waals surface area contributed by atoms with Crippen LogP contribution in [0.4, 0.5) is 0 Å². The summed E-state index contributed by atoms with van der Waals surface area (Å²) in [5, 5.41) is 12.1. The van der Waals surface area contributed by atoms with Crippen molar-refractivity contribution in [3.63, 3.8) is 0 Å². The number of aromatic amines is 1. The molecule has 0 aliphatic carbocycles. The van der Waals surface area contributed by atoms with Crippen LogP contribution in [-0.2, 0) is 17.1 Å². The molecule has 6 heavy (non-hydrogen) atoms. The summed E-state index contributed by atoms with van der Waals surface area (Å²) in [5.41, 5.74) is 0. The van der Waals surface area contributed by atoms with Crippen LogP contribution in [0.15, 0.2) is 6.33 Å². The summed E-state index contributed by atoms with van der Waals surface area (Å²) in [6, 6.07) is 0. The van der Waals surface area contributed by atoms with Crippen LogP contribution >= 0.6 is 0 Å². The van der Waals surface area contributed by atoms with Gasteiger partial charge in [0.05, 0.1) is 0 Å². The van der Waals surface area contributed by atoms with Gasteiger partial charge in [-0.15, -0.1) is 5.10 Å². The molecule has 5 heteroatoms. The molecule has 0 atom stereocenters. The number of nitrogens with zero attached hydrogens (tertiary/aromatic N) is 3. The third-order valence-electron chi connectivity index (χ3n) is 0.270. The van der Waals surface area contributed by atoms with Gasteiger partial charge in [0.15, 0.2) is 0 Å². The minimum atomic E-state index is 0. The number of H-pyrrole nitrogens is 1. The largest absolute Gasteiger partial charge is 0.246 e. The van der Waals surface area contributed by atoms with Crippen LogP contribution in [0.25, 0.3) is 0 Å². The fraction of sp³-hybridized carbons (Fsp3) is 0. The second kappa shape index (κ2) is 2.81. The molecule has 0 unspecified atom stereocenters. The molecule has 0 fully saturated rings. The van der Waals surface area contributed by atoms with E-state index in [1.807, 2.05) is 0 Å². The first kappa shape index (κ1) is 5.59. The number of tetrazole rings is 1. The zero-order valence-corrected chi connectivity index (χ0v) is 3.88. The van der Waals surface area contributed by atoms with Gasteiger partial charge in [-0.1, -0.05) is 0 Å². The molecule has 1 aromatic heterocycles. The van der Waals surface area contributed by atoms with E-state index in [-0.39, 0.29) is 17.1 Å². The quantitative estimate of drug-likeness (QED) is 0.462. The molecule has 34 valence electrons. The average molecular weight is 126 g/mol. The van der Waals surface area contributed by atoms with Crippen molar-refractivity contribution in [2.24, 2.45) is 0 Å². The molecular weight excluding hydrogens is 124 g/mol. The molecule has 0 saturated heterocycles. The second-order valence-corrected chi connectivity index (χ2v) is 0.563. The summed E-state index contributed by atoms with van der Waals surface area (Å²) >= 11 is 0. The zero-order valence-electron chi connectivity index (χ0n) is 2.77. The van der Waals surface area contributed by atoms with Gasteiger partial charge in [-0.3, -0.25) is 0 Å². The Balaban J connectivity index is 0.000000250. The minimum Gasteiger partial charge on any atom is -0.246 e. The Morgan fingerprint density at radius 3 is 2.50 bits per heavy atom. The molecule has 0 bridgehead atoms. The number of aromatic nitrogens is 4. The Morgan fingerprint density at radius 1 is 1.50 bits per heavy atom. The van der Waals surface area contributed by atoms with Gasteiger partial charge in [0.1, 0.15) is 6.33 Å². The Hall–Kier alpha value is -0.411. The summed E-state index contributed by atoms with van der Waals surface area (Å²) in [4.78, 5) is 0. The molecule has 1 rings (SSSR count). The maximum Gasteiger partial charge on any atom is 0.135 e. The monoisotopic (exact) mass is 126 g/mol. The third-order valence-corrected chi connectivity index (χ3v) is 0.270. The van der Waals surface area contributed by atoms with E-state index in [2.05, 4.69) is 20.6 Å². The predicted octanol–water partition coefficient (Wildman–Crippen LogP) is -0.803. The van der Waals surface area contributed by atoms with E-state index >= 15 is 0 Å². The van der Waals surface area contributed by atoms with Gasteiger partial charge in [-0.25, -0.2) is 5.10 Å². The minimum absolute atomic E-state index is 0. The molecule has 0 spiro atoms. The molecule has 0 radical (unpaired) electrons. The fourth-order valence-electron chi connectivity index (χ4n) is 0.129. The summed E-state index contributed by atoms with van der Waals surface area (Å²) in [6.07, 6.45) is 1.40. The first-order valence-electron chi connectivity index (χ1n) is 1.17. The van der Waals surface area contributed by atoms with Gasteiger partial charge in [-0.2, -0.15) is 0 Å². The van der Waals surface area contributed by atoms with E-state index in [4.69, 9.17) is 0 Å². The first-order valence-corrected chi connectivity index (χ1v) is 1.17. The Kier molecular flexibility index (Phi) is 2.62. The van der Waals surface area contributed by atoms with Gasteiger partial charge < -0.3 is 0 Å². The standard InChI is InChI=1S/CH2N4.Fe/c1-2-4-5-3-1;/h1H,(H,2,3,4,5);. The summed E-state index contributed by atoms with van der Waals surface area (Å²) in [7, 11) is 0. The van der Waals surface area contributed by atoms with Crippen molar-refractivity contribution in [3.05, 3.63) is 6.33 Å². The van der Waals surface area contributed by atoms with Crippen molar-refractivity contribution in [3.8, 4) is 0 Å². The van der Waals surface area contributed by atoms with Crippen molar-refractivity contribution in [2.45, 2.75) is 0 Å². The van der Waals surface area contributed by atoms with E-state index < -0.39 is 0 Å². The van der Waals surface area contributed by atoms with Crippen molar-refractivity contribution < 1.29 is 17.1 Å². The van der Waals surface area contributed by atoms with E-state index in [9.17, 15) is 0 Å². The van der Waals surface area contributed by atoms with Crippen LogP contribution in [-0.4, -0.2) is 20.6 Å². The Morgan fingerprint density at radius 2 is 2.33 bits per heavy atom. The summed E-state index contributed by atoms with van der Waals surface area (Å²) < 4.78 is 0. The number of rotatable bonds is 0. The summed E-state index contributed by atoms with van der Waals surface area (Å²) in [5.74, 6) is 0.